The lowest BCUT2D eigenvalue weighted by atomic mass is 9.85. The molecule has 288 valence electrons. The van der Waals surface area contributed by atoms with Gasteiger partial charge in [0.15, 0.2) is 0 Å². The fourth-order valence-electron chi connectivity index (χ4n) is 7.68. The monoisotopic (exact) mass is 755 g/mol. The van der Waals surface area contributed by atoms with E-state index >= 15 is 0 Å². The number of rotatable bonds is 11. The predicted octanol–water partition coefficient (Wildman–Crippen LogP) is 8.21. The number of anilines is 1. The minimum Gasteiger partial charge on any atom is -0.481 e. The molecule has 1 aliphatic heterocycles. The summed E-state index contributed by atoms with van der Waals surface area (Å²) < 4.78 is 7.79. The minimum atomic E-state index is -0.655. The second-order valence-corrected chi connectivity index (χ2v) is 15.2. The smallest absolute Gasteiger partial charge is 0.330 e. The van der Waals surface area contributed by atoms with E-state index in [2.05, 4.69) is 44.4 Å². The number of aryl methyl sites for hydroxylation is 2. The molecule has 10 nitrogen and oxygen atoms in total. The topological polar surface area (TPSA) is 124 Å². The van der Waals surface area contributed by atoms with Crippen molar-refractivity contribution in [3.05, 3.63) is 96.8 Å². The summed E-state index contributed by atoms with van der Waals surface area (Å²) in [5.41, 5.74) is 5.91. The van der Waals surface area contributed by atoms with Gasteiger partial charge in [-0.15, -0.1) is 0 Å². The highest BCUT2D eigenvalue weighted by molar-refractivity contribution is 6.36. The summed E-state index contributed by atoms with van der Waals surface area (Å²) >= 11 is 7.06. The van der Waals surface area contributed by atoms with E-state index in [9.17, 15) is 19.2 Å². The normalized spacial score (nSPS) is 18.0. The van der Waals surface area contributed by atoms with Gasteiger partial charge < -0.3 is 19.9 Å². The molecule has 2 aromatic carbocycles. The van der Waals surface area contributed by atoms with Gasteiger partial charge in [0.2, 0.25) is 11.8 Å². The summed E-state index contributed by atoms with van der Waals surface area (Å²) in [5, 5.41) is 6.58. The maximum Gasteiger partial charge on any atom is 0.330 e. The molecule has 0 radical (unpaired) electrons. The van der Waals surface area contributed by atoms with Crippen LogP contribution in [0.4, 0.5) is 5.69 Å². The van der Waals surface area contributed by atoms with Crippen LogP contribution in [0.25, 0.3) is 22.4 Å². The molecule has 11 heteroatoms. The van der Waals surface area contributed by atoms with Gasteiger partial charge in [-0.2, -0.15) is 0 Å². The number of hydrogen-bond donors (Lipinski definition) is 2. The van der Waals surface area contributed by atoms with Gasteiger partial charge in [0.1, 0.15) is 5.56 Å². The van der Waals surface area contributed by atoms with Gasteiger partial charge in [0.25, 0.3) is 11.5 Å². The molecule has 2 amide bonds. The maximum atomic E-state index is 13.2. The van der Waals surface area contributed by atoms with Crippen LogP contribution in [-0.4, -0.2) is 38.6 Å². The first kappa shape index (κ1) is 40.5. The highest BCUT2D eigenvalue weighted by Crippen LogP contribution is 2.43. The van der Waals surface area contributed by atoms with Crippen LogP contribution in [0, 0.1) is 5.92 Å². The van der Waals surface area contributed by atoms with Crippen LogP contribution in [0.15, 0.2) is 58.3 Å². The maximum absolute atomic E-state index is 13.2. The first-order chi connectivity index (χ1) is 25.8. The lowest BCUT2D eigenvalue weighted by Gasteiger charge is -2.28. The molecule has 3 atom stereocenters. The molecule has 4 aromatic rings. The number of fused-ring (bicyclic) bond motifs is 1. The van der Waals surface area contributed by atoms with Gasteiger partial charge in [-0.25, -0.2) is 9.78 Å². The molecule has 3 unspecified atom stereocenters. The van der Waals surface area contributed by atoms with Crippen LogP contribution in [0.5, 0.6) is 5.88 Å². The highest BCUT2D eigenvalue weighted by atomic mass is 35.5. The Labute approximate surface area is 323 Å². The quantitative estimate of drug-likeness (QED) is 0.159. The summed E-state index contributed by atoms with van der Waals surface area (Å²) in [6.07, 6.45) is 10.4. The Bertz CT molecular complexity index is 2160. The SMILES string of the molecule is CCC(C)CCC1(CC)CCC(=O)N1.CCc1c(NC(=O)c2cn(C)c(=O)n(C)c2=O)cccc1-c1cccc(-c2cc3c(c(OC)n2)C(C)CC3)c1Cl. The number of pyridine rings is 1. The number of carbonyl (C=O) groups is 2. The van der Waals surface area contributed by atoms with Gasteiger partial charge in [-0.1, -0.05) is 83.0 Å². The van der Waals surface area contributed by atoms with E-state index in [1.54, 1.807) is 13.2 Å². The molecule has 0 saturated carbocycles. The van der Waals surface area contributed by atoms with E-state index in [1.807, 2.05) is 37.3 Å². The van der Waals surface area contributed by atoms with Crippen LogP contribution in [0.3, 0.4) is 0 Å². The number of carbonyl (C=O) groups excluding carboxylic acids is 2. The largest absolute Gasteiger partial charge is 0.481 e. The number of amides is 2. The summed E-state index contributed by atoms with van der Waals surface area (Å²) in [7, 11) is 4.49. The average Bonchev–Trinajstić information content (AvgIpc) is 3.75. The first-order valence-corrected chi connectivity index (χ1v) is 19.5. The minimum absolute atomic E-state index is 0.122. The second-order valence-electron chi connectivity index (χ2n) is 14.9. The molecule has 2 aliphatic rings. The number of hydrogen-bond acceptors (Lipinski definition) is 6. The van der Waals surface area contributed by atoms with E-state index in [0.29, 0.717) is 28.9 Å². The van der Waals surface area contributed by atoms with Crippen molar-refractivity contribution >= 4 is 29.1 Å². The van der Waals surface area contributed by atoms with Gasteiger partial charge in [-0.3, -0.25) is 19.0 Å². The Hall–Kier alpha value is -4.70. The van der Waals surface area contributed by atoms with Crippen LogP contribution in [0.2, 0.25) is 5.02 Å². The van der Waals surface area contributed by atoms with E-state index < -0.39 is 17.2 Å². The van der Waals surface area contributed by atoms with Crippen molar-refractivity contribution in [2.75, 3.05) is 12.4 Å². The van der Waals surface area contributed by atoms with Crippen molar-refractivity contribution in [3.63, 3.8) is 0 Å². The number of methoxy groups -OCH3 is 1. The standard InChI is InChI=1S/C31H31ClN4O4.C12H23NO/c1-6-19-20(9-8-12-24(19)33-28(37)23-16-35(3)31(39)36(4)30(23)38)21-10-7-11-22(27(21)32)25-15-18-14-13-17(2)26(18)29(34-25)40-5;1-4-10(3)6-8-12(5-2)9-7-11(14)13-12/h7-12,15-17H,6,13-14H2,1-5H3,(H,33,37);10H,4-9H2,1-3H3,(H,13,14). The number of aromatic nitrogens is 3. The van der Waals surface area contributed by atoms with Gasteiger partial charge in [0, 0.05) is 54.6 Å². The number of nitrogens with zero attached hydrogens (tertiary/aromatic N) is 3. The zero-order valence-corrected chi connectivity index (χ0v) is 33.7. The van der Waals surface area contributed by atoms with E-state index in [0.717, 1.165) is 77.0 Å². The molecule has 1 saturated heterocycles. The van der Waals surface area contributed by atoms with Crippen molar-refractivity contribution in [3.8, 4) is 28.3 Å². The lowest BCUT2D eigenvalue weighted by molar-refractivity contribution is -0.119. The van der Waals surface area contributed by atoms with Gasteiger partial charge >= 0.3 is 5.69 Å². The fraction of sp³-hybridized carbons (Fsp3) is 0.465. The van der Waals surface area contributed by atoms with Gasteiger partial charge in [-0.05, 0) is 85.6 Å². The average molecular weight is 756 g/mol. The molecular formula is C43H54ClN5O5. The Morgan fingerprint density at radius 1 is 1.07 bits per heavy atom. The molecule has 3 heterocycles. The zero-order chi connectivity index (χ0) is 39.3. The third kappa shape index (κ3) is 8.33. The van der Waals surface area contributed by atoms with Crippen molar-refractivity contribution < 1.29 is 14.3 Å². The summed E-state index contributed by atoms with van der Waals surface area (Å²) in [6, 6.07) is 13.5. The van der Waals surface area contributed by atoms with Crippen LogP contribution in [0.1, 0.15) is 113 Å². The molecular weight excluding hydrogens is 702 g/mol. The van der Waals surface area contributed by atoms with Gasteiger partial charge in [0.05, 0.1) is 17.8 Å². The Balaban J connectivity index is 0.000000338. The van der Waals surface area contributed by atoms with E-state index in [1.165, 1.54) is 48.8 Å². The predicted molar refractivity (Wildman–Crippen MR) is 217 cm³/mol. The van der Waals surface area contributed by atoms with Crippen LogP contribution < -0.4 is 26.6 Å². The fourth-order valence-corrected chi connectivity index (χ4v) is 8.01. The molecule has 6 rings (SSSR count). The first-order valence-electron chi connectivity index (χ1n) is 19.2. The number of benzene rings is 2. The van der Waals surface area contributed by atoms with Crippen molar-refractivity contribution in [1.29, 1.82) is 0 Å². The third-order valence-electron chi connectivity index (χ3n) is 11.4. The number of nitrogens with one attached hydrogen (secondary N) is 2. The van der Waals surface area contributed by atoms with Crippen molar-refractivity contribution in [2.24, 2.45) is 20.0 Å². The van der Waals surface area contributed by atoms with Crippen LogP contribution in [-0.2, 0) is 31.7 Å². The third-order valence-corrected chi connectivity index (χ3v) is 11.8. The Morgan fingerprint density at radius 2 is 1.78 bits per heavy atom. The van der Waals surface area contributed by atoms with Crippen molar-refractivity contribution in [1.82, 2.24) is 19.4 Å². The molecule has 2 aromatic heterocycles. The van der Waals surface area contributed by atoms with E-state index in [-0.39, 0.29) is 17.0 Å². The Kier molecular flexibility index (Phi) is 12.9. The lowest BCUT2D eigenvalue weighted by Crippen LogP contribution is -2.41. The summed E-state index contributed by atoms with van der Waals surface area (Å²) in [5.74, 6) is 1.49. The summed E-state index contributed by atoms with van der Waals surface area (Å²) in [4.78, 5) is 53.9. The van der Waals surface area contributed by atoms with E-state index in [4.69, 9.17) is 21.3 Å². The highest BCUT2D eigenvalue weighted by Gasteiger charge is 2.35. The molecule has 1 aliphatic carbocycles. The number of halogens is 1. The molecule has 2 N–H and O–H groups in total. The molecule has 0 spiro atoms. The number of ether oxygens (including phenoxy) is 1. The summed E-state index contributed by atoms with van der Waals surface area (Å²) in [6.45, 7) is 10.9. The molecule has 1 fully saturated rings. The molecule has 54 heavy (non-hydrogen) atoms. The zero-order valence-electron chi connectivity index (χ0n) is 32.9. The Morgan fingerprint density at radius 3 is 2.43 bits per heavy atom. The molecule has 0 bridgehead atoms. The van der Waals surface area contributed by atoms with Crippen molar-refractivity contribution in [2.45, 2.75) is 104 Å². The second kappa shape index (κ2) is 17.2. The van der Waals surface area contributed by atoms with Crippen LogP contribution >= 0.6 is 11.6 Å².